The minimum Gasteiger partial charge on any atom is -0.321 e. The van der Waals surface area contributed by atoms with Gasteiger partial charge in [-0.2, -0.15) is 13.2 Å². The molecule has 0 fully saturated rings. The highest BCUT2D eigenvalue weighted by molar-refractivity contribution is 6.33. The maximum Gasteiger partial charge on any atom is 0.417 e. The number of halogens is 4. The molecule has 0 aliphatic carbocycles. The van der Waals surface area contributed by atoms with Gasteiger partial charge in [0.2, 0.25) is 0 Å². The molecule has 1 amide bonds. The number of aryl methyl sites for hydroxylation is 2. The third-order valence-electron chi connectivity index (χ3n) is 3.70. The number of carbonyl (C=O) groups is 1. The topological polar surface area (TPSA) is 46.4 Å². The van der Waals surface area contributed by atoms with Crippen LogP contribution in [-0.4, -0.2) is 15.3 Å². The molecular weight excluding hydrogens is 355 g/mol. The van der Waals surface area contributed by atoms with E-state index in [1.54, 1.807) is 19.1 Å². The Morgan fingerprint density at radius 3 is 2.44 bits per heavy atom. The third-order valence-corrected chi connectivity index (χ3v) is 3.98. The first-order valence-electron chi connectivity index (χ1n) is 7.30. The summed E-state index contributed by atoms with van der Waals surface area (Å²) in [4.78, 5) is 16.7. The molecule has 8 heteroatoms. The minimum atomic E-state index is -4.58. The summed E-state index contributed by atoms with van der Waals surface area (Å²) >= 11 is 5.92. The Morgan fingerprint density at radius 2 is 1.84 bits per heavy atom. The Hall–Kier alpha value is -2.54. The number of hydrogen-bond donors (Lipinski definition) is 1. The van der Waals surface area contributed by atoms with E-state index in [9.17, 15) is 18.0 Å². The third kappa shape index (κ3) is 3.32. The second-order valence-corrected chi connectivity index (χ2v) is 6.04. The van der Waals surface area contributed by atoms with Gasteiger partial charge in [-0.1, -0.05) is 29.3 Å². The molecule has 0 unspecified atom stereocenters. The number of anilines is 1. The number of benzene rings is 1. The van der Waals surface area contributed by atoms with Crippen molar-refractivity contribution in [3.8, 4) is 0 Å². The van der Waals surface area contributed by atoms with E-state index in [2.05, 4.69) is 10.3 Å². The van der Waals surface area contributed by atoms with E-state index < -0.39 is 17.6 Å². The highest BCUT2D eigenvalue weighted by Crippen LogP contribution is 2.33. The molecule has 25 heavy (non-hydrogen) atoms. The highest BCUT2D eigenvalue weighted by Gasteiger charge is 2.32. The zero-order valence-electron chi connectivity index (χ0n) is 13.3. The Balaban J connectivity index is 2.08. The average molecular weight is 368 g/mol. The Labute approximate surface area is 146 Å². The van der Waals surface area contributed by atoms with Gasteiger partial charge in [0.1, 0.15) is 5.69 Å². The van der Waals surface area contributed by atoms with Crippen molar-refractivity contribution >= 4 is 28.8 Å². The molecule has 130 valence electrons. The molecule has 0 radical (unpaired) electrons. The fourth-order valence-electron chi connectivity index (χ4n) is 2.47. The summed E-state index contributed by atoms with van der Waals surface area (Å²) in [5, 5.41) is 2.48. The highest BCUT2D eigenvalue weighted by atomic mass is 35.5. The maximum absolute atomic E-state index is 13.0. The lowest BCUT2D eigenvalue weighted by Gasteiger charge is -2.10. The normalized spacial score (nSPS) is 11.8. The monoisotopic (exact) mass is 367 g/mol. The van der Waals surface area contributed by atoms with Crippen LogP contribution in [0.2, 0.25) is 5.02 Å². The lowest BCUT2D eigenvalue weighted by atomic mass is 10.2. The molecule has 0 spiro atoms. The summed E-state index contributed by atoms with van der Waals surface area (Å²) < 4.78 is 40.2. The van der Waals surface area contributed by atoms with Gasteiger partial charge in [-0.05, 0) is 32.0 Å². The summed E-state index contributed by atoms with van der Waals surface area (Å²) in [6.07, 6.45) is -3.76. The van der Waals surface area contributed by atoms with Crippen LogP contribution in [0.4, 0.5) is 18.9 Å². The number of pyridine rings is 1. The SMILES string of the molecule is Cc1ccc(NC(=O)c2c(C)nc3c(Cl)cc(C(F)(F)F)cn23)cc1. The van der Waals surface area contributed by atoms with Gasteiger partial charge in [0.05, 0.1) is 16.3 Å². The Kier molecular flexibility index (Phi) is 4.20. The van der Waals surface area contributed by atoms with Crippen LogP contribution >= 0.6 is 11.6 Å². The largest absolute Gasteiger partial charge is 0.417 e. The van der Waals surface area contributed by atoms with Crippen molar-refractivity contribution in [2.45, 2.75) is 20.0 Å². The fraction of sp³-hybridized carbons (Fsp3) is 0.176. The van der Waals surface area contributed by atoms with Crippen LogP contribution in [0.1, 0.15) is 27.3 Å². The fourth-order valence-corrected chi connectivity index (χ4v) is 2.72. The molecule has 2 heterocycles. The smallest absolute Gasteiger partial charge is 0.321 e. The summed E-state index contributed by atoms with van der Waals surface area (Å²) in [6, 6.07) is 7.84. The number of amides is 1. The molecule has 0 saturated heterocycles. The van der Waals surface area contributed by atoms with Gasteiger partial charge >= 0.3 is 6.18 Å². The van der Waals surface area contributed by atoms with Crippen LogP contribution in [-0.2, 0) is 6.18 Å². The molecule has 1 N–H and O–H groups in total. The zero-order valence-corrected chi connectivity index (χ0v) is 14.0. The van der Waals surface area contributed by atoms with Crippen LogP contribution in [0, 0.1) is 13.8 Å². The summed E-state index contributed by atoms with van der Waals surface area (Å²) in [5.41, 5.74) is 0.982. The van der Waals surface area contributed by atoms with Crippen molar-refractivity contribution < 1.29 is 18.0 Å². The van der Waals surface area contributed by atoms with Crippen LogP contribution in [0.3, 0.4) is 0 Å². The maximum atomic E-state index is 13.0. The van der Waals surface area contributed by atoms with Crippen molar-refractivity contribution in [1.82, 2.24) is 9.38 Å². The van der Waals surface area contributed by atoms with Crippen LogP contribution < -0.4 is 5.32 Å². The number of fused-ring (bicyclic) bond motifs is 1. The number of nitrogens with one attached hydrogen (secondary N) is 1. The van der Waals surface area contributed by atoms with Gasteiger partial charge in [0, 0.05) is 11.9 Å². The first kappa shape index (κ1) is 17.3. The minimum absolute atomic E-state index is 0.00331. The van der Waals surface area contributed by atoms with Gasteiger partial charge < -0.3 is 5.32 Å². The van der Waals surface area contributed by atoms with Crippen molar-refractivity contribution in [1.29, 1.82) is 0 Å². The van der Waals surface area contributed by atoms with E-state index in [0.717, 1.165) is 22.2 Å². The van der Waals surface area contributed by atoms with E-state index >= 15 is 0 Å². The summed E-state index contributed by atoms with van der Waals surface area (Å²) in [7, 11) is 0. The van der Waals surface area contributed by atoms with Crippen LogP contribution in [0.25, 0.3) is 5.65 Å². The van der Waals surface area contributed by atoms with Gasteiger partial charge in [-0.25, -0.2) is 4.98 Å². The van der Waals surface area contributed by atoms with Gasteiger partial charge in [-0.15, -0.1) is 0 Å². The van der Waals surface area contributed by atoms with Crippen molar-refractivity contribution in [3.05, 3.63) is 64.1 Å². The number of nitrogens with zero attached hydrogens (tertiary/aromatic N) is 2. The van der Waals surface area contributed by atoms with Gasteiger partial charge in [0.25, 0.3) is 5.91 Å². The summed E-state index contributed by atoms with van der Waals surface area (Å²) in [5.74, 6) is -0.566. The van der Waals surface area contributed by atoms with E-state index in [4.69, 9.17) is 11.6 Å². The molecule has 0 atom stereocenters. The standard InChI is InChI=1S/C17H13ClF3N3O/c1-9-3-5-12(6-4-9)23-16(25)14-10(2)22-15-13(18)7-11(8-24(14)15)17(19,20)21/h3-8H,1-2H3,(H,23,25). The lowest BCUT2D eigenvalue weighted by Crippen LogP contribution is -2.16. The Morgan fingerprint density at radius 1 is 1.20 bits per heavy atom. The number of alkyl halides is 3. The van der Waals surface area contributed by atoms with Crippen LogP contribution in [0.5, 0.6) is 0 Å². The van der Waals surface area contributed by atoms with E-state index in [1.165, 1.54) is 0 Å². The molecule has 0 aliphatic rings. The predicted molar refractivity (Wildman–Crippen MR) is 89.1 cm³/mol. The number of aromatic nitrogens is 2. The van der Waals surface area contributed by atoms with Crippen LogP contribution in [0.15, 0.2) is 36.5 Å². The molecule has 0 bridgehead atoms. The molecule has 4 nitrogen and oxygen atoms in total. The number of carbonyl (C=O) groups excluding carboxylic acids is 1. The molecule has 2 aromatic heterocycles. The van der Waals surface area contributed by atoms with E-state index in [1.807, 2.05) is 19.1 Å². The first-order chi connectivity index (χ1) is 11.7. The van der Waals surface area contributed by atoms with Crippen molar-refractivity contribution in [2.75, 3.05) is 5.32 Å². The molecule has 1 aromatic carbocycles. The number of rotatable bonds is 2. The predicted octanol–water partition coefficient (Wildman–Crippen LogP) is 4.88. The molecule has 3 rings (SSSR count). The lowest BCUT2D eigenvalue weighted by molar-refractivity contribution is -0.137. The molecule has 0 saturated carbocycles. The molecule has 0 aliphatic heterocycles. The summed E-state index contributed by atoms with van der Waals surface area (Å²) in [6.45, 7) is 3.45. The van der Waals surface area contributed by atoms with Crippen molar-refractivity contribution in [3.63, 3.8) is 0 Å². The second kappa shape index (κ2) is 6.07. The van der Waals surface area contributed by atoms with E-state index in [0.29, 0.717) is 5.69 Å². The van der Waals surface area contributed by atoms with Gasteiger partial charge in [0.15, 0.2) is 5.65 Å². The molecular formula is C17H13ClF3N3O. The number of imidazole rings is 1. The van der Waals surface area contributed by atoms with E-state index in [-0.39, 0.29) is 22.1 Å². The quantitative estimate of drug-likeness (QED) is 0.702. The first-order valence-corrected chi connectivity index (χ1v) is 7.68. The molecule has 3 aromatic rings. The second-order valence-electron chi connectivity index (χ2n) is 5.63. The van der Waals surface area contributed by atoms with Gasteiger partial charge in [-0.3, -0.25) is 9.20 Å². The number of hydrogen-bond acceptors (Lipinski definition) is 2. The van der Waals surface area contributed by atoms with Crippen molar-refractivity contribution in [2.24, 2.45) is 0 Å². The Bertz CT molecular complexity index is 962. The zero-order chi connectivity index (χ0) is 18.4. The average Bonchev–Trinajstić information content (AvgIpc) is 2.85.